The van der Waals surface area contributed by atoms with Gasteiger partial charge in [0.1, 0.15) is 11.4 Å². The van der Waals surface area contributed by atoms with Crippen molar-refractivity contribution in [2.75, 3.05) is 0 Å². The Morgan fingerprint density at radius 1 is 1.29 bits per heavy atom. The van der Waals surface area contributed by atoms with Gasteiger partial charge in [-0.25, -0.2) is 4.79 Å². The Morgan fingerprint density at radius 3 is 2.64 bits per heavy atom. The molecule has 0 unspecified atom stereocenters. The Morgan fingerprint density at radius 2 is 2.00 bits per heavy atom. The summed E-state index contributed by atoms with van der Waals surface area (Å²) in [6, 6.07) is 6.55. The number of H-pyrrole nitrogens is 1. The molecule has 2 N–H and O–H groups in total. The zero-order chi connectivity index (χ0) is 20.4. The highest BCUT2D eigenvalue weighted by molar-refractivity contribution is 6.01. The van der Waals surface area contributed by atoms with E-state index in [1.54, 1.807) is 25.1 Å². The molecule has 0 aliphatic rings. The van der Waals surface area contributed by atoms with Crippen molar-refractivity contribution in [1.82, 2.24) is 15.1 Å². The molecule has 2 aromatic heterocycles. The fourth-order valence-electron chi connectivity index (χ4n) is 3.12. The van der Waals surface area contributed by atoms with E-state index < -0.39 is 5.97 Å². The number of hydrogen-bond acceptors (Lipinski definition) is 7. The molecule has 8 heteroatoms. The summed E-state index contributed by atoms with van der Waals surface area (Å²) < 4.78 is 10.4. The number of phenolic OH excluding ortho intramolecular Hbond substituents is 1. The molecule has 2 heterocycles. The number of rotatable bonds is 6. The first kappa shape index (κ1) is 19.3. The highest BCUT2D eigenvalue weighted by atomic mass is 16.5. The monoisotopic (exact) mass is 383 g/mol. The maximum atomic E-state index is 12.6. The summed E-state index contributed by atoms with van der Waals surface area (Å²) >= 11 is 0. The summed E-state index contributed by atoms with van der Waals surface area (Å²) in [6.07, 6.45) is 0. The number of Topliss-reactive ketones (excluding diaryl/α,β-unsaturated/α-hetero) is 1. The Bertz CT molecular complexity index is 1030. The van der Waals surface area contributed by atoms with Gasteiger partial charge in [0.2, 0.25) is 5.82 Å². The van der Waals surface area contributed by atoms with E-state index >= 15 is 0 Å². The van der Waals surface area contributed by atoms with Crippen molar-refractivity contribution in [3.63, 3.8) is 0 Å². The predicted molar refractivity (Wildman–Crippen MR) is 100 cm³/mol. The average molecular weight is 383 g/mol. The number of carbonyl (C=O) groups excluding carboxylic acids is 2. The van der Waals surface area contributed by atoms with Gasteiger partial charge in [-0.1, -0.05) is 31.1 Å². The number of aromatic amines is 1. The van der Waals surface area contributed by atoms with Crippen molar-refractivity contribution >= 4 is 11.8 Å². The number of esters is 1. The third-order valence-corrected chi connectivity index (χ3v) is 4.29. The van der Waals surface area contributed by atoms with Crippen LogP contribution in [-0.4, -0.2) is 32.0 Å². The summed E-state index contributed by atoms with van der Waals surface area (Å²) in [5.41, 5.74) is 2.42. The molecular weight excluding hydrogens is 362 g/mol. The van der Waals surface area contributed by atoms with Crippen LogP contribution in [0.4, 0.5) is 0 Å². The summed E-state index contributed by atoms with van der Waals surface area (Å²) in [7, 11) is 0. The van der Waals surface area contributed by atoms with E-state index in [1.165, 1.54) is 13.0 Å². The number of aromatic hydroxyl groups is 1. The number of carbonyl (C=O) groups is 2. The first-order chi connectivity index (χ1) is 13.3. The molecule has 8 nitrogen and oxygen atoms in total. The molecule has 0 saturated carbocycles. The lowest BCUT2D eigenvalue weighted by Gasteiger charge is -2.09. The number of ketones is 1. The Kier molecular flexibility index (Phi) is 5.30. The van der Waals surface area contributed by atoms with Crippen LogP contribution in [0, 0.1) is 6.92 Å². The number of nitrogens with one attached hydrogen (secondary N) is 1. The van der Waals surface area contributed by atoms with Crippen LogP contribution in [-0.2, 0) is 11.3 Å². The van der Waals surface area contributed by atoms with E-state index in [9.17, 15) is 14.7 Å². The van der Waals surface area contributed by atoms with Gasteiger partial charge in [-0.15, -0.1) is 0 Å². The molecule has 0 aliphatic carbocycles. The number of aromatic nitrogens is 3. The van der Waals surface area contributed by atoms with Gasteiger partial charge >= 0.3 is 5.97 Å². The van der Waals surface area contributed by atoms with Crippen LogP contribution < -0.4 is 0 Å². The molecule has 28 heavy (non-hydrogen) atoms. The highest BCUT2D eigenvalue weighted by Crippen LogP contribution is 2.29. The molecule has 0 radical (unpaired) electrons. The molecule has 146 valence electrons. The molecule has 0 aliphatic heterocycles. The second-order valence-corrected chi connectivity index (χ2v) is 6.73. The number of ether oxygens (including phenoxy) is 1. The smallest absolute Gasteiger partial charge is 0.355 e. The van der Waals surface area contributed by atoms with Gasteiger partial charge in [0.05, 0.1) is 5.56 Å². The Hall–Kier alpha value is -3.42. The fourth-order valence-corrected chi connectivity index (χ4v) is 3.12. The number of benzene rings is 1. The third kappa shape index (κ3) is 3.66. The molecule has 0 amide bonds. The molecule has 3 aromatic rings. The summed E-state index contributed by atoms with van der Waals surface area (Å²) in [5, 5.41) is 13.6. The molecule has 0 fully saturated rings. The lowest BCUT2D eigenvalue weighted by Crippen LogP contribution is -2.11. The second-order valence-electron chi connectivity index (χ2n) is 6.73. The number of hydrogen-bond donors (Lipinski definition) is 2. The van der Waals surface area contributed by atoms with Crippen LogP contribution in [0.15, 0.2) is 28.8 Å². The second kappa shape index (κ2) is 7.67. The number of nitrogens with zero attached hydrogens (tertiary/aromatic N) is 2. The molecular formula is C20H21N3O5. The maximum absolute atomic E-state index is 12.6. The largest absolute Gasteiger partial charge is 0.507 e. The van der Waals surface area contributed by atoms with Crippen molar-refractivity contribution < 1.29 is 24.0 Å². The van der Waals surface area contributed by atoms with Crippen molar-refractivity contribution in [3.8, 4) is 17.2 Å². The molecule has 0 saturated heterocycles. The highest BCUT2D eigenvalue weighted by Gasteiger charge is 2.26. The third-order valence-electron chi connectivity index (χ3n) is 4.29. The normalized spacial score (nSPS) is 11.0. The van der Waals surface area contributed by atoms with E-state index in [4.69, 9.17) is 9.26 Å². The Labute approximate surface area is 161 Å². The zero-order valence-electron chi connectivity index (χ0n) is 16.1. The quantitative estimate of drug-likeness (QED) is 0.491. The molecule has 0 spiro atoms. The van der Waals surface area contributed by atoms with Gasteiger partial charge in [0.15, 0.2) is 12.4 Å². The number of aryl methyl sites for hydroxylation is 1. The minimum atomic E-state index is -0.604. The number of phenols is 1. The van der Waals surface area contributed by atoms with Crippen LogP contribution in [0.5, 0.6) is 5.75 Å². The average Bonchev–Trinajstić information content (AvgIpc) is 3.24. The van der Waals surface area contributed by atoms with Gasteiger partial charge in [0.25, 0.3) is 5.89 Å². The lowest BCUT2D eigenvalue weighted by atomic mass is 9.95. The van der Waals surface area contributed by atoms with Gasteiger partial charge in [-0.2, -0.15) is 4.98 Å². The first-order valence-electron chi connectivity index (χ1n) is 8.81. The topological polar surface area (TPSA) is 118 Å². The molecule has 3 rings (SSSR count). The van der Waals surface area contributed by atoms with Crippen molar-refractivity contribution in [1.29, 1.82) is 0 Å². The molecule has 0 atom stereocenters. The molecule has 1 aromatic carbocycles. The summed E-state index contributed by atoms with van der Waals surface area (Å²) in [5.74, 6) is -0.455. The van der Waals surface area contributed by atoms with Gasteiger partial charge in [0, 0.05) is 11.3 Å². The van der Waals surface area contributed by atoms with Crippen molar-refractivity contribution in [2.24, 2.45) is 0 Å². The standard InChI is InChI=1S/C20H21N3O5/c1-10(2)16-17(12(4)24)11(3)21-18(16)20(26)27-9-15-22-19(28-23-15)13-7-5-6-8-14(13)25/h5-8,10,21,25H,9H2,1-4H3. The summed E-state index contributed by atoms with van der Waals surface area (Å²) in [6.45, 7) is 6.82. The molecule has 0 bridgehead atoms. The van der Waals surface area contributed by atoms with Crippen molar-refractivity contribution in [2.45, 2.75) is 40.2 Å². The van der Waals surface area contributed by atoms with E-state index in [-0.39, 0.29) is 41.5 Å². The minimum absolute atomic E-state index is 0.00916. The van der Waals surface area contributed by atoms with Gasteiger partial charge in [-0.05, 0) is 37.5 Å². The van der Waals surface area contributed by atoms with Crippen LogP contribution in [0.2, 0.25) is 0 Å². The summed E-state index contributed by atoms with van der Waals surface area (Å²) in [4.78, 5) is 31.6. The fraction of sp³-hybridized carbons (Fsp3) is 0.300. The SMILES string of the molecule is CC(=O)c1c(C)[nH]c(C(=O)OCc2noc(-c3ccccc3O)n2)c1C(C)C. The van der Waals surface area contributed by atoms with E-state index in [1.807, 2.05) is 13.8 Å². The first-order valence-corrected chi connectivity index (χ1v) is 8.81. The van der Waals surface area contributed by atoms with E-state index in [2.05, 4.69) is 15.1 Å². The zero-order valence-corrected chi connectivity index (χ0v) is 16.1. The minimum Gasteiger partial charge on any atom is -0.507 e. The van der Waals surface area contributed by atoms with Gasteiger partial charge < -0.3 is 19.4 Å². The number of para-hydroxylation sites is 1. The van der Waals surface area contributed by atoms with Crippen molar-refractivity contribution in [3.05, 3.63) is 52.6 Å². The lowest BCUT2D eigenvalue weighted by molar-refractivity contribution is 0.0451. The van der Waals surface area contributed by atoms with E-state index in [0.717, 1.165) is 0 Å². The van der Waals surface area contributed by atoms with E-state index in [0.29, 0.717) is 22.4 Å². The Balaban J connectivity index is 1.78. The van der Waals surface area contributed by atoms with Crippen LogP contribution >= 0.6 is 0 Å². The van der Waals surface area contributed by atoms with Crippen LogP contribution in [0.3, 0.4) is 0 Å². The van der Waals surface area contributed by atoms with Gasteiger partial charge in [-0.3, -0.25) is 4.79 Å². The predicted octanol–water partition coefficient (Wildman–Crippen LogP) is 3.76. The maximum Gasteiger partial charge on any atom is 0.355 e. The van der Waals surface area contributed by atoms with Crippen LogP contribution in [0.25, 0.3) is 11.5 Å². The van der Waals surface area contributed by atoms with Crippen LogP contribution in [0.1, 0.15) is 64.6 Å².